The number of pyridine rings is 1. The number of nitro groups is 1. The molecule has 142 valence electrons. The number of aromatic nitrogens is 2. The molecule has 0 aliphatic heterocycles. The summed E-state index contributed by atoms with van der Waals surface area (Å²) in [6.45, 7) is 0. The number of amides is 1. The summed E-state index contributed by atoms with van der Waals surface area (Å²) in [4.78, 5) is 27.4. The normalized spacial score (nSPS) is 11.0. The van der Waals surface area contributed by atoms with Gasteiger partial charge in [0.25, 0.3) is 5.69 Å². The number of carbonyl (C=O) groups is 1. The van der Waals surface area contributed by atoms with E-state index in [0.717, 1.165) is 11.2 Å². The monoisotopic (exact) mass is 384 g/mol. The fourth-order valence-corrected chi connectivity index (χ4v) is 2.95. The zero-order valence-corrected chi connectivity index (χ0v) is 15.2. The van der Waals surface area contributed by atoms with Crippen molar-refractivity contribution in [3.8, 4) is 11.3 Å². The van der Waals surface area contributed by atoms with Gasteiger partial charge >= 0.3 is 0 Å². The lowest BCUT2D eigenvalue weighted by Crippen LogP contribution is -2.10. The molecule has 0 atom stereocenters. The van der Waals surface area contributed by atoms with Gasteiger partial charge in [-0.05, 0) is 35.9 Å². The molecule has 0 aliphatic rings. The van der Waals surface area contributed by atoms with Crippen molar-refractivity contribution in [3.63, 3.8) is 0 Å². The van der Waals surface area contributed by atoms with Crippen LogP contribution >= 0.6 is 0 Å². The highest BCUT2D eigenvalue weighted by Crippen LogP contribution is 2.28. The number of nitrogens with zero attached hydrogens (tertiary/aromatic N) is 3. The van der Waals surface area contributed by atoms with E-state index in [1.165, 1.54) is 18.2 Å². The average molecular weight is 384 g/mol. The van der Waals surface area contributed by atoms with Gasteiger partial charge in [0.05, 0.1) is 4.92 Å². The predicted molar refractivity (Wildman–Crippen MR) is 111 cm³/mol. The van der Waals surface area contributed by atoms with E-state index in [2.05, 4.69) is 10.3 Å². The maximum atomic E-state index is 12.5. The van der Waals surface area contributed by atoms with Gasteiger partial charge in [-0.15, -0.1) is 0 Å². The molecule has 0 aliphatic carbocycles. The zero-order valence-electron chi connectivity index (χ0n) is 15.2. The number of carbonyl (C=O) groups excluding carboxylic acids is 1. The summed E-state index contributed by atoms with van der Waals surface area (Å²) in [6.07, 6.45) is 4.83. The molecule has 0 fully saturated rings. The lowest BCUT2D eigenvalue weighted by Gasteiger charge is -2.06. The van der Waals surface area contributed by atoms with Crippen LogP contribution in [0.1, 0.15) is 5.56 Å². The second-order valence-corrected chi connectivity index (χ2v) is 6.28. The van der Waals surface area contributed by atoms with Crippen LogP contribution in [0.2, 0.25) is 0 Å². The Balaban J connectivity index is 1.61. The van der Waals surface area contributed by atoms with Crippen LogP contribution in [0.5, 0.6) is 0 Å². The van der Waals surface area contributed by atoms with E-state index in [-0.39, 0.29) is 11.6 Å². The number of hydrogen-bond acceptors (Lipinski definition) is 4. The number of nitro benzene ring substituents is 1. The second kappa shape index (κ2) is 7.77. The summed E-state index contributed by atoms with van der Waals surface area (Å²) >= 11 is 0. The van der Waals surface area contributed by atoms with Crippen LogP contribution in [0.4, 0.5) is 11.5 Å². The molecule has 7 heteroatoms. The second-order valence-electron chi connectivity index (χ2n) is 6.28. The van der Waals surface area contributed by atoms with Crippen LogP contribution < -0.4 is 5.32 Å². The van der Waals surface area contributed by atoms with E-state index < -0.39 is 4.92 Å². The van der Waals surface area contributed by atoms with Crippen LogP contribution in [-0.2, 0) is 4.79 Å². The van der Waals surface area contributed by atoms with E-state index >= 15 is 0 Å². The highest BCUT2D eigenvalue weighted by molar-refractivity contribution is 6.03. The minimum Gasteiger partial charge on any atom is -0.306 e. The number of non-ortho nitro benzene ring substituents is 1. The molecular weight excluding hydrogens is 368 g/mol. The molecule has 2 heterocycles. The number of fused-ring (bicyclic) bond motifs is 1. The van der Waals surface area contributed by atoms with Crippen molar-refractivity contribution < 1.29 is 9.72 Å². The highest BCUT2D eigenvalue weighted by Gasteiger charge is 2.15. The summed E-state index contributed by atoms with van der Waals surface area (Å²) in [5.41, 5.74) is 2.98. The van der Waals surface area contributed by atoms with Crippen molar-refractivity contribution >= 4 is 29.1 Å². The number of anilines is 1. The first-order chi connectivity index (χ1) is 14.1. The Morgan fingerprint density at radius 3 is 2.45 bits per heavy atom. The Kier molecular flexibility index (Phi) is 4.86. The Bertz CT molecular complexity index is 1210. The maximum absolute atomic E-state index is 12.5. The third kappa shape index (κ3) is 3.89. The van der Waals surface area contributed by atoms with Crippen LogP contribution in [-0.4, -0.2) is 20.2 Å². The molecule has 1 N–H and O–H groups in total. The lowest BCUT2D eigenvalue weighted by molar-refractivity contribution is -0.384. The Hall–Kier alpha value is -4.26. The first kappa shape index (κ1) is 18.1. The Labute approximate surface area is 166 Å². The fourth-order valence-electron chi connectivity index (χ4n) is 2.95. The summed E-state index contributed by atoms with van der Waals surface area (Å²) < 4.78 is 1.82. The van der Waals surface area contributed by atoms with Gasteiger partial charge in [-0.2, -0.15) is 0 Å². The molecule has 29 heavy (non-hydrogen) atoms. The summed E-state index contributed by atoms with van der Waals surface area (Å²) in [6, 6.07) is 21.2. The van der Waals surface area contributed by atoms with Crippen molar-refractivity contribution in [2.75, 3.05) is 5.32 Å². The van der Waals surface area contributed by atoms with Crippen LogP contribution in [0.25, 0.3) is 23.0 Å². The molecule has 4 aromatic rings. The maximum Gasteiger partial charge on any atom is 0.269 e. The van der Waals surface area contributed by atoms with Crippen molar-refractivity contribution in [3.05, 3.63) is 101 Å². The zero-order chi connectivity index (χ0) is 20.2. The SMILES string of the molecule is O=C(/C=C/c1ccc([N+](=O)[O-])cc1)Nc1c(-c2ccccc2)nc2ccccn12. The van der Waals surface area contributed by atoms with Gasteiger partial charge in [-0.1, -0.05) is 36.4 Å². The molecule has 4 rings (SSSR count). The molecule has 0 bridgehead atoms. The van der Waals surface area contributed by atoms with Gasteiger partial charge in [-0.3, -0.25) is 19.3 Å². The number of benzene rings is 2. The van der Waals surface area contributed by atoms with E-state index in [9.17, 15) is 14.9 Å². The number of rotatable bonds is 5. The number of imidazole rings is 1. The molecule has 0 radical (unpaired) electrons. The molecule has 0 saturated heterocycles. The molecule has 0 saturated carbocycles. The quantitative estimate of drug-likeness (QED) is 0.310. The van der Waals surface area contributed by atoms with Gasteiger partial charge in [0.1, 0.15) is 17.2 Å². The Morgan fingerprint density at radius 1 is 1.00 bits per heavy atom. The van der Waals surface area contributed by atoms with Gasteiger partial charge < -0.3 is 5.32 Å². The number of nitrogens with one attached hydrogen (secondary N) is 1. The third-order valence-electron chi connectivity index (χ3n) is 4.35. The van der Waals surface area contributed by atoms with Crippen LogP contribution in [0, 0.1) is 10.1 Å². The molecule has 0 unspecified atom stereocenters. The van der Waals surface area contributed by atoms with Gasteiger partial charge in [0.2, 0.25) is 5.91 Å². The molecule has 1 amide bonds. The first-order valence-corrected chi connectivity index (χ1v) is 8.88. The van der Waals surface area contributed by atoms with Gasteiger partial charge in [0, 0.05) is 30.0 Å². The van der Waals surface area contributed by atoms with Crippen molar-refractivity contribution in [2.45, 2.75) is 0 Å². The molecule has 2 aromatic carbocycles. The fraction of sp³-hybridized carbons (Fsp3) is 0. The average Bonchev–Trinajstić information content (AvgIpc) is 3.11. The van der Waals surface area contributed by atoms with Crippen LogP contribution in [0.15, 0.2) is 85.1 Å². The lowest BCUT2D eigenvalue weighted by atomic mass is 10.1. The van der Waals surface area contributed by atoms with Gasteiger partial charge in [0.15, 0.2) is 0 Å². The van der Waals surface area contributed by atoms with Crippen molar-refractivity contribution in [1.82, 2.24) is 9.38 Å². The first-order valence-electron chi connectivity index (χ1n) is 8.88. The van der Waals surface area contributed by atoms with E-state index in [1.807, 2.05) is 59.1 Å². The molecule has 0 spiro atoms. The molecular formula is C22H16N4O3. The summed E-state index contributed by atoms with van der Waals surface area (Å²) in [5, 5.41) is 13.6. The molecule has 7 nitrogen and oxygen atoms in total. The smallest absolute Gasteiger partial charge is 0.269 e. The van der Waals surface area contributed by atoms with E-state index in [4.69, 9.17) is 0 Å². The minimum absolute atomic E-state index is 0.00448. The predicted octanol–water partition coefficient (Wildman–Crippen LogP) is 4.56. The van der Waals surface area contributed by atoms with E-state index in [1.54, 1.807) is 18.2 Å². The topological polar surface area (TPSA) is 89.5 Å². The van der Waals surface area contributed by atoms with Crippen LogP contribution in [0.3, 0.4) is 0 Å². The number of hydrogen-bond donors (Lipinski definition) is 1. The minimum atomic E-state index is -0.462. The Morgan fingerprint density at radius 2 is 1.72 bits per heavy atom. The van der Waals surface area contributed by atoms with E-state index in [0.29, 0.717) is 17.1 Å². The molecule has 2 aromatic heterocycles. The summed E-state index contributed by atoms with van der Waals surface area (Å²) in [7, 11) is 0. The van der Waals surface area contributed by atoms with Crippen molar-refractivity contribution in [1.29, 1.82) is 0 Å². The third-order valence-corrected chi connectivity index (χ3v) is 4.35. The van der Waals surface area contributed by atoms with Crippen molar-refractivity contribution in [2.24, 2.45) is 0 Å². The summed E-state index contributed by atoms with van der Waals surface area (Å²) in [5.74, 6) is 0.247. The standard InChI is InChI=1S/C22H16N4O3/c27-20(14-11-16-9-12-18(13-10-16)26(28)29)24-22-21(17-6-2-1-3-7-17)23-19-8-4-5-15-25(19)22/h1-15H,(H,24,27)/b14-11+. The van der Waals surface area contributed by atoms with Gasteiger partial charge in [-0.25, -0.2) is 4.98 Å². The largest absolute Gasteiger partial charge is 0.306 e. The highest BCUT2D eigenvalue weighted by atomic mass is 16.6.